The first-order valence-corrected chi connectivity index (χ1v) is 7.98. The number of piperidine rings is 1. The van der Waals surface area contributed by atoms with Crippen LogP contribution in [0, 0.1) is 5.92 Å². The van der Waals surface area contributed by atoms with E-state index in [1.54, 1.807) is 11.8 Å². The predicted molar refractivity (Wildman–Crippen MR) is 77.8 cm³/mol. The number of carbonyl (C=O) groups is 1. The molecule has 0 unspecified atom stereocenters. The monoisotopic (exact) mass is 273 g/mol. The summed E-state index contributed by atoms with van der Waals surface area (Å²) in [5.74, 6) is 0.577. The molecule has 0 aromatic heterocycles. The van der Waals surface area contributed by atoms with Crippen LogP contribution in [0.1, 0.15) is 47.0 Å². The van der Waals surface area contributed by atoms with Gasteiger partial charge in [0.15, 0.2) is 0 Å². The maximum absolute atomic E-state index is 12.6. The van der Waals surface area contributed by atoms with Gasteiger partial charge in [0.05, 0.1) is 11.9 Å². The Morgan fingerprint density at radius 3 is 2.56 bits per heavy atom. The normalized spacial score (nSPS) is 24.1. The number of aliphatic hydroxyl groups excluding tert-OH is 1. The number of carbonyl (C=O) groups excluding carboxylic acids is 1. The van der Waals surface area contributed by atoms with E-state index in [9.17, 15) is 4.79 Å². The van der Waals surface area contributed by atoms with Gasteiger partial charge in [0.25, 0.3) is 0 Å². The summed E-state index contributed by atoms with van der Waals surface area (Å²) in [5.41, 5.74) is 0. The Labute approximate surface area is 115 Å². The van der Waals surface area contributed by atoms with Crippen LogP contribution in [0.25, 0.3) is 0 Å². The van der Waals surface area contributed by atoms with Crippen molar-refractivity contribution in [3.8, 4) is 0 Å². The molecule has 1 amide bonds. The minimum atomic E-state index is -0.0206. The Balaban J connectivity index is 2.69. The first kappa shape index (κ1) is 15.8. The van der Waals surface area contributed by atoms with Crippen LogP contribution in [0.5, 0.6) is 0 Å². The number of rotatable bonds is 5. The molecule has 1 saturated heterocycles. The lowest BCUT2D eigenvalue weighted by atomic mass is 10.0. The highest BCUT2D eigenvalue weighted by Crippen LogP contribution is 2.28. The topological polar surface area (TPSA) is 40.5 Å². The predicted octanol–water partition coefficient (Wildman–Crippen LogP) is 2.53. The van der Waals surface area contributed by atoms with Gasteiger partial charge >= 0.3 is 0 Å². The minimum absolute atomic E-state index is 0.0206. The minimum Gasteiger partial charge on any atom is -0.395 e. The first-order chi connectivity index (χ1) is 8.47. The molecule has 0 aromatic rings. The Morgan fingerprint density at radius 2 is 2.06 bits per heavy atom. The van der Waals surface area contributed by atoms with Crippen LogP contribution in [-0.4, -0.2) is 45.6 Å². The van der Waals surface area contributed by atoms with Crippen molar-refractivity contribution in [2.24, 2.45) is 5.92 Å². The summed E-state index contributed by atoms with van der Waals surface area (Å²) >= 11 is 1.62. The highest BCUT2D eigenvalue weighted by Gasteiger charge is 2.32. The zero-order valence-corrected chi connectivity index (χ0v) is 12.9. The van der Waals surface area contributed by atoms with Gasteiger partial charge in [0.1, 0.15) is 0 Å². The third kappa shape index (κ3) is 4.16. The van der Waals surface area contributed by atoms with Crippen molar-refractivity contribution in [2.45, 2.75) is 63.5 Å². The molecule has 1 heterocycles. The molecule has 1 aliphatic rings. The second kappa shape index (κ2) is 7.39. The van der Waals surface area contributed by atoms with Crippen molar-refractivity contribution < 1.29 is 9.90 Å². The fourth-order valence-electron chi connectivity index (χ4n) is 2.38. The molecule has 0 saturated carbocycles. The van der Waals surface area contributed by atoms with Crippen LogP contribution in [0.4, 0.5) is 0 Å². The zero-order valence-electron chi connectivity index (χ0n) is 12.1. The smallest absolute Gasteiger partial charge is 0.236 e. The molecule has 3 nitrogen and oxygen atoms in total. The van der Waals surface area contributed by atoms with E-state index in [4.69, 9.17) is 5.11 Å². The molecule has 1 N–H and O–H groups in total. The SMILES string of the molecule is CC(C)[C@H](S[C@H](C)CO)C(=O)N1CCCC[C@H]1C. The van der Waals surface area contributed by atoms with Crippen LogP contribution < -0.4 is 0 Å². The lowest BCUT2D eigenvalue weighted by Gasteiger charge is -2.37. The summed E-state index contributed by atoms with van der Waals surface area (Å²) < 4.78 is 0. The third-order valence-electron chi connectivity index (χ3n) is 3.57. The standard InChI is InChI=1S/C14H27NO2S/c1-10(2)13(18-12(4)9-16)14(17)15-8-6-5-7-11(15)3/h10-13,16H,5-9H2,1-4H3/t11-,12-,13+/m1/s1. The molecule has 1 aliphatic heterocycles. The highest BCUT2D eigenvalue weighted by atomic mass is 32.2. The first-order valence-electron chi connectivity index (χ1n) is 7.04. The molecule has 0 radical (unpaired) electrons. The summed E-state index contributed by atoms with van der Waals surface area (Å²) in [6.07, 6.45) is 3.48. The number of hydrogen-bond donors (Lipinski definition) is 1. The largest absolute Gasteiger partial charge is 0.395 e. The quantitative estimate of drug-likeness (QED) is 0.837. The maximum Gasteiger partial charge on any atom is 0.236 e. The van der Waals surface area contributed by atoms with Crippen molar-refractivity contribution in [3.05, 3.63) is 0 Å². The number of hydrogen-bond acceptors (Lipinski definition) is 3. The highest BCUT2D eigenvalue weighted by molar-refractivity contribution is 8.01. The number of nitrogens with zero attached hydrogens (tertiary/aromatic N) is 1. The molecule has 0 spiro atoms. The maximum atomic E-state index is 12.6. The molecule has 0 bridgehead atoms. The molecule has 4 heteroatoms. The number of amides is 1. The fraction of sp³-hybridized carbons (Fsp3) is 0.929. The number of likely N-dealkylation sites (tertiary alicyclic amines) is 1. The summed E-state index contributed by atoms with van der Waals surface area (Å²) in [7, 11) is 0. The van der Waals surface area contributed by atoms with Gasteiger partial charge in [0, 0.05) is 17.8 Å². The van der Waals surface area contributed by atoms with E-state index < -0.39 is 0 Å². The van der Waals surface area contributed by atoms with Crippen molar-refractivity contribution in [3.63, 3.8) is 0 Å². The fourth-order valence-corrected chi connectivity index (χ4v) is 3.54. The van der Waals surface area contributed by atoms with Gasteiger partial charge in [-0.25, -0.2) is 0 Å². The van der Waals surface area contributed by atoms with Crippen LogP contribution in [-0.2, 0) is 4.79 Å². The zero-order chi connectivity index (χ0) is 13.7. The lowest BCUT2D eigenvalue weighted by molar-refractivity contribution is -0.134. The van der Waals surface area contributed by atoms with Gasteiger partial charge in [0.2, 0.25) is 5.91 Å². The Kier molecular flexibility index (Phi) is 6.50. The van der Waals surface area contributed by atoms with Gasteiger partial charge in [-0.3, -0.25) is 4.79 Å². The summed E-state index contributed by atoms with van der Waals surface area (Å²) in [4.78, 5) is 14.7. The second-order valence-electron chi connectivity index (χ2n) is 5.67. The van der Waals surface area contributed by atoms with Crippen LogP contribution in [0.2, 0.25) is 0 Å². The van der Waals surface area contributed by atoms with Gasteiger partial charge < -0.3 is 10.0 Å². The van der Waals surface area contributed by atoms with E-state index in [0.29, 0.717) is 12.0 Å². The lowest BCUT2D eigenvalue weighted by Crippen LogP contribution is -2.47. The molecule has 3 atom stereocenters. The molecule has 1 rings (SSSR count). The Bertz CT molecular complexity index is 271. The van der Waals surface area contributed by atoms with Crippen molar-refractivity contribution in [1.29, 1.82) is 0 Å². The summed E-state index contributed by atoms with van der Waals surface area (Å²) in [5, 5.41) is 9.27. The van der Waals surface area contributed by atoms with Crippen molar-refractivity contribution >= 4 is 17.7 Å². The molecule has 1 fully saturated rings. The Hall–Kier alpha value is -0.220. The average Bonchev–Trinajstić information content (AvgIpc) is 2.35. The van der Waals surface area contributed by atoms with Gasteiger partial charge in [-0.15, -0.1) is 11.8 Å². The van der Waals surface area contributed by atoms with Crippen LogP contribution in [0.15, 0.2) is 0 Å². The molecule has 0 aromatic carbocycles. The molecule has 0 aliphatic carbocycles. The molecule has 18 heavy (non-hydrogen) atoms. The molecular weight excluding hydrogens is 246 g/mol. The average molecular weight is 273 g/mol. The van der Waals surface area contributed by atoms with Gasteiger partial charge in [-0.2, -0.15) is 0 Å². The number of aliphatic hydroxyl groups is 1. The van der Waals surface area contributed by atoms with E-state index in [1.165, 1.54) is 6.42 Å². The van der Waals surface area contributed by atoms with Crippen molar-refractivity contribution in [1.82, 2.24) is 4.90 Å². The van der Waals surface area contributed by atoms with E-state index in [0.717, 1.165) is 19.4 Å². The molecular formula is C14H27NO2S. The van der Waals surface area contributed by atoms with Crippen LogP contribution in [0.3, 0.4) is 0 Å². The Morgan fingerprint density at radius 1 is 1.39 bits per heavy atom. The molecule has 106 valence electrons. The summed E-state index contributed by atoms with van der Waals surface area (Å²) in [6, 6.07) is 0.373. The van der Waals surface area contributed by atoms with Gasteiger partial charge in [-0.05, 0) is 32.1 Å². The number of thioether (sulfide) groups is 1. The second-order valence-corrected chi connectivity index (χ2v) is 7.26. The van der Waals surface area contributed by atoms with E-state index in [2.05, 4.69) is 20.8 Å². The van der Waals surface area contributed by atoms with Crippen LogP contribution >= 0.6 is 11.8 Å². The van der Waals surface area contributed by atoms with Crippen molar-refractivity contribution in [2.75, 3.05) is 13.2 Å². The van der Waals surface area contributed by atoms with E-state index in [-0.39, 0.29) is 23.0 Å². The van der Waals surface area contributed by atoms with Gasteiger partial charge in [-0.1, -0.05) is 20.8 Å². The van der Waals surface area contributed by atoms with E-state index in [1.807, 2.05) is 11.8 Å². The summed E-state index contributed by atoms with van der Waals surface area (Å²) in [6.45, 7) is 9.35. The third-order valence-corrected chi connectivity index (χ3v) is 5.22. The van der Waals surface area contributed by atoms with E-state index >= 15 is 0 Å².